The highest BCUT2D eigenvalue weighted by Crippen LogP contribution is 2.28. The van der Waals surface area contributed by atoms with Gasteiger partial charge in [-0.3, -0.25) is 0 Å². The van der Waals surface area contributed by atoms with Gasteiger partial charge in [0, 0.05) is 5.02 Å². The Morgan fingerprint density at radius 2 is 1.68 bits per heavy atom. The maximum atomic E-state index is 15.0. The van der Waals surface area contributed by atoms with E-state index in [4.69, 9.17) is 16.3 Å². The number of aromatic nitrogens is 4. The largest absolute Gasteiger partial charge is 0.472 e. The van der Waals surface area contributed by atoms with Gasteiger partial charge in [-0.15, -0.1) is 0 Å². The summed E-state index contributed by atoms with van der Waals surface area (Å²) in [6.45, 7) is 0.363. The molecule has 3 aromatic carbocycles. The lowest BCUT2D eigenvalue weighted by Crippen LogP contribution is -2.02. The molecule has 0 unspecified atom stereocenters. The van der Waals surface area contributed by atoms with Crippen LogP contribution in [0.3, 0.4) is 0 Å². The minimum absolute atomic E-state index is 0.292. The second-order valence-corrected chi connectivity index (χ2v) is 7.36. The van der Waals surface area contributed by atoms with Crippen LogP contribution in [0, 0.1) is 5.82 Å². The van der Waals surface area contributed by atoms with Crippen molar-refractivity contribution in [1.29, 1.82) is 0 Å². The monoisotopic (exact) mass is 430 g/mol. The summed E-state index contributed by atoms with van der Waals surface area (Å²) >= 11 is 5.94. The van der Waals surface area contributed by atoms with E-state index in [0.717, 1.165) is 16.7 Å². The Morgan fingerprint density at radius 1 is 0.903 bits per heavy atom. The predicted octanol–water partition coefficient (Wildman–Crippen LogP) is 5.85. The standard InChI is InChI=1S/C24H16ClFN4O/c25-19-9-6-17(7-10-19)18-8-11-22(21(26)12-18)30-23-20(13-29-30)24(28-15-27-23)31-14-16-4-2-1-3-5-16/h1-13,15H,14H2. The summed E-state index contributed by atoms with van der Waals surface area (Å²) < 4.78 is 22.3. The molecule has 0 aliphatic heterocycles. The number of hydrogen-bond donors (Lipinski definition) is 0. The molecule has 2 aromatic heterocycles. The summed E-state index contributed by atoms with van der Waals surface area (Å²) in [6.07, 6.45) is 2.98. The van der Waals surface area contributed by atoms with Crippen LogP contribution in [0.2, 0.25) is 5.02 Å². The Kier molecular flexibility index (Phi) is 5.06. The molecule has 152 valence electrons. The van der Waals surface area contributed by atoms with Gasteiger partial charge in [0.1, 0.15) is 29.8 Å². The van der Waals surface area contributed by atoms with Crippen molar-refractivity contribution in [3.8, 4) is 22.7 Å². The quantitative estimate of drug-likeness (QED) is 0.350. The van der Waals surface area contributed by atoms with E-state index in [1.165, 1.54) is 17.1 Å². The predicted molar refractivity (Wildman–Crippen MR) is 118 cm³/mol. The molecular weight excluding hydrogens is 415 g/mol. The molecule has 2 heterocycles. The Hall–Kier alpha value is -3.77. The summed E-state index contributed by atoms with van der Waals surface area (Å²) in [5.41, 5.74) is 3.40. The van der Waals surface area contributed by atoms with Crippen molar-refractivity contribution in [3.63, 3.8) is 0 Å². The highest BCUT2D eigenvalue weighted by Gasteiger charge is 2.15. The van der Waals surface area contributed by atoms with Crippen LogP contribution in [-0.2, 0) is 6.61 Å². The molecule has 31 heavy (non-hydrogen) atoms. The molecule has 7 heteroatoms. The van der Waals surface area contributed by atoms with Crippen molar-refractivity contribution in [2.75, 3.05) is 0 Å². The number of ether oxygens (including phenoxy) is 1. The van der Waals surface area contributed by atoms with Crippen LogP contribution in [-0.4, -0.2) is 19.7 Å². The second kappa shape index (κ2) is 8.16. The highest BCUT2D eigenvalue weighted by atomic mass is 35.5. The van der Waals surface area contributed by atoms with Gasteiger partial charge in [-0.2, -0.15) is 5.10 Å². The molecule has 5 nitrogen and oxygen atoms in total. The molecule has 0 saturated heterocycles. The number of rotatable bonds is 5. The van der Waals surface area contributed by atoms with E-state index in [-0.39, 0.29) is 0 Å². The minimum atomic E-state index is -0.414. The summed E-state index contributed by atoms with van der Waals surface area (Å²) in [5, 5.41) is 5.58. The van der Waals surface area contributed by atoms with E-state index in [0.29, 0.717) is 34.2 Å². The molecular formula is C24H16ClFN4O. The van der Waals surface area contributed by atoms with Crippen molar-refractivity contribution in [2.24, 2.45) is 0 Å². The van der Waals surface area contributed by atoms with Crippen LogP contribution in [0.1, 0.15) is 5.56 Å². The maximum absolute atomic E-state index is 15.0. The fourth-order valence-corrected chi connectivity index (χ4v) is 3.47. The molecule has 0 spiro atoms. The number of hydrogen-bond acceptors (Lipinski definition) is 4. The summed E-state index contributed by atoms with van der Waals surface area (Å²) in [5.74, 6) is -0.0129. The van der Waals surface area contributed by atoms with Gasteiger partial charge in [0.25, 0.3) is 0 Å². The fourth-order valence-electron chi connectivity index (χ4n) is 3.34. The first-order valence-corrected chi connectivity index (χ1v) is 9.98. The molecule has 0 aliphatic rings. The Bertz CT molecular complexity index is 1350. The van der Waals surface area contributed by atoms with Gasteiger partial charge >= 0.3 is 0 Å². The van der Waals surface area contributed by atoms with Crippen LogP contribution >= 0.6 is 11.6 Å². The number of nitrogens with zero attached hydrogens (tertiary/aromatic N) is 4. The van der Waals surface area contributed by atoms with E-state index < -0.39 is 5.82 Å². The molecule has 0 saturated carbocycles. The van der Waals surface area contributed by atoms with E-state index >= 15 is 4.39 Å². The van der Waals surface area contributed by atoms with E-state index in [1.807, 2.05) is 48.5 Å². The third-order valence-corrected chi connectivity index (χ3v) is 5.15. The lowest BCUT2D eigenvalue weighted by molar-refractivity contribution is 0.297. The van der Waals surface area contributed by atoms with E-state index in [9.17, 15) is 0 Å². The first kappa shape index (κ1) is 19.2. The van der Waals surface area contributed by atoms with Gasteiger partial charge in [-0.05, 0) is 41.0 Å². The number of fused-ring (bicyclic) bond motifs is 1. The molecule has 5 aromatic rings. The maximum Gasteiger partial charge on any atom is 0.228 e. The molecule has 0 amide bonds. The highest BCUT2D eigenvalue weighted by molar-refractivity contribution is 6.30. The average molecular weight is 431 g/mol. The molecule has 0 N–H and O–H groups in total. The second-order valence-electron chi connectivity index (χ2n) is 6.92. The van der Waals surface area contributed by atoms with Gasteiger partial charge in [-0.1, -0.05) is 60.1 Å². The zero-order valence-electron chi connectivity index (χ0n) is 16.2. The molecule has 0 fully saturated rings. The molecule has 0 radical (unpaired) electrons. The summed E-state index contributed by atoms with van der Waals surface area (Å²) in [6, 6.07) is 22.0. The Balaban J connectivity index is 1.47. The summed E-state index contributed by atoms with van der Waals surface area (Å²) in [4.78, 5) is 8.51. The zero-order chi connectivity index (χ0) is 21.2. The lowest BCUT2D eigenvalue weighted by Gasteiger charge is -2.09. The summed E-state index contributed by atoms with van der Waals surface area (Å²) in [7, 11) is 0. The van der Waals surface area contributed by atoms with Crippen molar-refractivity contribution in [2.45, 2.75) is 6.61 Å². The van der Waals surface area contributed by atoms with Crippen molar-refractivity contribution < 1.29 is 9.13 Å². The Labute approximate surface area is 182 Å². The van der Waals surface area contributed by atoms with Crippen LogP contribution in [0.4, 0.5) is 4.39 Å². The van der Waals surface area contributed by atoms with Gasteiger partial charge in [0.2, 0.25) is 5.88 Å². The molecule has 0 aliphatic carbocycles. The molecule has 0 bridgehead atoms. The van der Waals surface area contributed by atoms with E-state index in [2.05, 4.69) is 15.1 Å². The van der Waals surface area contributed by atoms with Crippen LogP contribution in [0.5, 0.6) is 5.88 Å². The SMILES string of the molecule is Fc1cc(-c2ccc(Cl)cc2)ccc1-n1ncc2c(OCc3ccccc3)ncnc21. The molecule has 5 rings (SSSR count). The van der Waals surface area contributed by atoms with Crippen molar-refractivity contribution in [1.82, 2.24) is 19.7 Å². The topological polar surface area (TPSA) is 52.8 Å². The number of benzene rings is 3. The fraction of sp³-hybridized carbons (Fsp3) is 0.0417. The third kappa shape index (κ3) is 3.85. The van der Waals surface area contributed by atoms with Gasteiger partial charge < -0.3 is 4.74 Å². The third-order valence-electron chi connectivity index (χ3n) is 4.90. The lowest BCUT2D eigenvalue weighted by atomic mass is 10.1. The van der Waals surface area contributed by atoms with E-state index in [1.54, 1.807) is 24.4 Å². The first-order chi connectivity index (χ1) is 15.2. The van der Waals surface area contributed by atoms with Gasteiger partial charge in [0.05, 0.1) is 6.20 Å². The van der Waals surface area contributed by atoms with Crippen LogP contribution < -0.4 is 4.74 Å². The smallest absolute Gasteiger partial charge is 0.228 e. The normalized spacial score (nSPS) is 11.0. The number of halogens is 2. The van der Waals surface area contributed by atoms with Crippen molar-refractivity contribution >= 4 is 22.6 Å². The Morgan fingerprint density at radius 3 is 2.45 bits per heavy atom. The van der Waals surface area contributed by atoms with Gasteiger partial charge in [-0.25, -0.2) is 19.0 Å². The molecule has 0 atom stereocenters. The van der Waals surface area contributed by atoms with Gasteiger partial charge in [0.15, 0.2) is 5.65 Å². The van der Waals surface area contributed by atoms with Crippen LogP contribution in [0.15, 0.2) is 85.3 Å². The zero-order valence-corrected chi connectivity index (χ0v) is 17.0. The van der Waals surface area contributed by atoms with Crippen LogP contribution in [0.25, 0.3) is 27.8 Å². The average Bonchev–Trinajstić information content (AvgIpc) is 3.23. The minimum Gasteiger partial charge on any atom is -0.472 e. The van der Waals surface area contributed by atoms with Crippen molar-refractivity contribution in [3.05, 3.63) is 102 Å². The first-order valence-electron chi connectivity index (χ1n) is 9.60.